The van der Waals surface area contributed by atoms with E-state index in [-0.39, 0.29) is 0 Å². The van der Waals surface area contributed by atoms with Crippen LogP contribution in [-0.4, -0.2) is 15.9 Å². The number of oxime groups is 1. The molecule has 1 aromatic rings. The van der Waals surface area contributed by atoms with Gasteiger partial charge in [0.15, 0.2) is 0 Å². The SMILES string of the molecule is CCCC(=NO)c1ccc(C)nc1. The highest BCUT2D eigenvalue weighted by atomic mass is 16.4. The summed E-state index contributed by atoms with van der Waals surface area (Å²) in [7, 11) is 0. The largest absolute Gasteiger partial charge is 0.411 e. The van der Waals surface area contributed by atoms with E-state index < -0.39 is 0 Å². The smallest absolute Gasteiger partial charge is 0.0883 e. The molecule has 1 aromatic heterocycles. The second-order valence-electron chi connectivity index (χ2n) is 2.98. The maximum atomic E-state index is 8.74. The third-order valence-corrected chi connectivity index (χ3v) is 1.85. The van der Waals surface area contributed by atoms with Crippen LogP contribution in [0.25, 0.3) is 0 Å². The Kier molecular flexibility index (Phi) is 3.43. The van der Waals surface area contributed by atoms with Crippen LogP contribution < -0.4 is 0 Å². The summed E-state index contributed by atoms with van der Waals surface area (Å²) in [6.45, 7) is 3.98. The summed E-state index contributed by atoms with van der Waals surface area (Å²) in [4.78, 5) is 4.14. The topological polar surface area (TPSA) is 45.5 Å². The number of hydrogen-bond acceptors (Lipinski definition) is 3. The Bertz CT molecular complexity index is 290. The normalized spacial score (nSPS) is 11.7. The number of aryl methyl sites for hydroxylation is 1. The molecular weight excluding hydrogens is 164 g/mol. The van der Waals surface area contributed by atoms with Crippen LogP contribution in [0.1, 0.15) is 31.0 Å². The molecule has 3 nitrogen and oxygen atoms in total. The van der Waals surface area contributed by atoms with Crippen LogP contribution in [0.3, 0.4) is 0 Å². The summed E-state index contributed by atoms with van der Waals surface area (Å²) >= 11 is 0. The Hall–Kier alpha value is -1.38. The molecule has 0 radical (unpaired) electrons. The van der Waals surface area contributed by atoms with Gasteiger partial charge in [0.2, 0.25) is 0 Å². The third kappa shape index (κ3) is 2.54. The lowest BCUT2D eigenvalue weighted by atomic mass is 10.1. The molecule has 0 spiro atoms. The van der Waals surface area contributed by atoms with Crippen molar-refractivity contribution in [1.29, 1.82) is 0 Å². The molecule has 3 heteroatoms. The highest BCUT2D eigenvalue weighted by molar-refractivity contribution is 5.99. The highest BCUT2D eigenvalue weighted by Gasteiger charge is 2.02. The van der Waals surface area contributed by atoms with Gasteiger partial charge in [0, 0.05) is 17.5 Å². The van der Waals surface area contributed by atoms with Crippen molar-refractivity contribution in [3.63, 3.8) is 0 Å². The summed E-state index contributed by atoms with van der Waals surface area (Å²) in [6.07, 6.45) is 3.48. The first-order chi connectivity index (χ1) is 6.27. The van der Waals surface area contributed by atoms with Gasteiger partial charge >= 0.3 is 0 Å². The van der Waals surface area contributed by atoms with Gasteiger partial charge in [-0.2, -0.15) is 0 Å². The van der Waals surface area contributed by atoms with Gasteiger partial charge in [-0.15, -0.1) is 0 Å². The molecule has 0 fully saturated rings. The molecule has 0 aromatic carbocycles. The van der Waals surface area contributed by atoms with Crippen LogP contribution in [0.5, 0.6) is 0 Å². The van der Waals surface area contributed by atoms with Crippen LogP contribution in [0.2, 0.25) is 0 Å². The highest BCUT2D eigenvalue weighted by Crippen LogP contribution is 2.05. The first kappa shape index (κ1) is 9.71. The van der Waals surface area contributed by atoms with Gasteiger partial charge in [0.05, 0.1) is 5.71 Å². The van der Waals surface area contributed by atoms with Crippen molar-refractivity contribution in [3.8, 4) is 0 Å². The number of nitrogens with zero attached hydrogens (tertiary/aromatic N) is 2. The molecule has 0 unspecified atom stereocenters. The molecule has 0 saturated heterocycles. The standard InChI is InChI=1S/C10H14N2O/c1-3-4-10(12-13)9-6-5-8(2)11-7-9/h5-7,13H,3-4H2,1-2H3. The average Bonchev–Trinajstić information content (AvgIpc) is 2.16. The fourth-order valence-electron chi connectivity index (χ4n) is 1.13. The van der Waals surface area contributed by atoms with Crippen LogP contribution in [0, 0.1) is 6.92 Å². The average molecular weight is 178 g/mol. The van der Waals surface area contributed by atoms with Crippen LogP contribution in [-0.2, 0) is 0 Å². The summed E-state index contributed by atoms with van der Waals surface area (Å²) in [5, 5.41) is 12.0. The minimum Gasteiger partial charge on any atom is -0.411 e. The van der Waals surface area contributed by atoms with E-state index in [9.17, 15) is 0 Å². The van der Waals surface area contributed by atoms with E-state index >= 15 is 0 Å². The van der Waals surface area contributed by atoms with E-state index in [0.717, 1.165) is 24.1 Å². The Morgan fingerprint density at radius 2 is 2.31 bits per heavy atom. The molecule has 0 aliphatic rings. The van der Waals surface area contributed by atoms with Crippen molar-refractivity contribution >= 4 is 5.71 Å². The van der Waals surface area contributed by atoms with E-state index in [1.807, 2.05) is 26.0 Å². The maximum absolute atomic E-state index is 8.74. The first-order valence-electron chi connectivity index (χ1n) is 4.42. The van der Waals surface area contributed by atoms with Crippen LogP contribution in [0.15, 0.2) is 23.5 Å². The van der Waals surface area contributed by atoms with Gasteiger partial charge in [-0.05, 0) is 25.5 Å². The quantitative estimate of drug-likeness (QED) is 0.438. The van der Waals surface area contributed by atoms with Crippen molar-refractivity contribution in [2.24, 2.45) is 5.16 Å². The molecule has 0 amide bonds. The molecule has 0 aliphatic carbocycles. The van der Waals surface area contributed by atoms with E-state index in [2.05, 4.69) is 10.1 Å². The Balaban J connectivity index is 2.87. The predicted octanol–water partition coefficient (Wildman–Crippen LogP) is 2.37. The summed E-state index contributed by atoms with van der Waals surface area (Å²) in [5.74, 6) is 0. The molecular formula is C10H14N2O. The predicted molar refractivity (Wildman–Crippen MR) is 52.2 cm³/mol. The summed E-state index contributed by atoms with van der Waals surface area (Å²) < 4.78 is 0. The van der Waals surface area contributed by atoms with Gasteiger partial charge in [-0.1, -0.05) is 18.5 Å². The number of rotatable bonds is 3. The number of hydrogen-bond donors (Lipinski definition) is 1. The number of pyridine rings is 1. The first-order valence-corrected chi connectivity index (χ1v) is 4.42. The minimum atomic E-state index is 0.704. The lowest BCUT2D eigenvalue weighted by molar-refractivity contribution is 0.318. The van der Waals surface area contributed by atoms with Crippen LogP contribution in [0.4, 0.5) is 0 Å². The number of aromatic nitrogens is 1. The molecule has 1 heterocycles. The van der Waals surface area contributed by atoms with Gasteiger partial charge in [-0.3, -0.25) is 4.98 Å². The molecule has 13 heavy (non-hydrogen) atoms. The van der Waals surface area contributed by atoms with Gasteiger partial charge in [0.25, 0.3) is 0 Å². The molecule has 70 valence electrons. The van der Waals surface area contributed by atoms with Crippen molar-refractivity contribution in [1.82, 2.24) is 4.98 Å². The molecule has 0 aliphatic heterocycles. The Morgan fingerprint density at radius 1 is 1.54 bits per heavy atom. The second kappa shape index (κ2) is 4.60. The van der Waals surface area contributed by atoms with E-state index in [1.54, 1.807) is 6.20 Å². The minimum absolute atomic E-state index is 0.704. The van der Waals surface area contributed by atoms with E-state index in [4.69, 9.17) is 5.21 Å². The van der Waals surface area contributed by atoms with Crippen molar-refractivity contribution in [2.45, 2.75) is 26.7 Å². The van der Waals surface area contributed by atoms with E-state index in [1.165, 1.54) is 0 Å². The lowest BCUT2D eigenvalue weighted by Crippen LogP contribution is -2.01. The Labute approximate surface area is 78.1 Å². The summed E-state index contributed by atoms with van der Waals surface area (Å²) in [5.41, 5.74) is 2.57. The molecule has 1 N–H and O–H groups in total. The maximum Gasteiger partial charge on any atom is 0.0883 e. The zero-order valence-electron chi connectivity index (χ0n) is 7.99. The van der Waals surface area contributed by atoms with Gasteiger partial charge < -0.3 is 5.21 Å². The van der Waals surface area contributed by atoms with E-state index in [0.29, 0.717) is 5.71 Å². The van der Waals surface area contributed by atoms with Crippen molar-refractivity contribution < 1.29 is 5.21 Å². The fourth-order valence-corrected chi connectivity index (χ4v) is 1.13. The zero-order valence-corrected chi connectivity index (χ0v) is 7.99. The molecule has 0 saturated carbocycles. The van der Waals surface area contributed by atoms with Crippen molar-refractivity contribution in [2.75, 3.05) is 0 Å². The Morgan fingerprint density at radius 3 is 2.77 bits per heavy atom. The second-order valence-corrected chi connectivity index (χ2v) is 2.98. The molecule has 0 atom stereocenters. The lowest BCUT2D eigenvalue weighted by Gasteiger charge is -2.01. The molecule has 1 rings (SSSR count). The van der Waals surface area contributed by atoms with Crippen molar-refractivity contribution in [3.05, 3.63) is 29.6 Å². The van der Waals surface area contributed by atoms with Crippen LogP contribution >= 0.6 is 0 Å². The molecule has 0 bridgehead atoms. The monoisotopic (exact) mass is 178 g/mol. The van der Waals surface area contributed by atoms with Gasteiger partial charge in [0.1, 0.15) is 0 Å². The zero-order chi connectivity index (χ0) is 9.68. The summed E-state index contributed by atoms with van der Waals surface area (Å²) in [6, 6.07) is 3.84. The fraction of sp³-hybridized carbons (Fsp3) is 0.400. The van der Waals surface area contributed by atoms with Gasteiger partial charge in [-0.25, -0.2) is 0 Å². The third-order valence-electron chi connectivity index (χ3n) is 1.85.